The number of nitrogens with one attached hydrogen (secondary N) is 1. The van der Waals surface area contributed by atoms with Crippen molar-refractivity contribution >= 4 is 5.91 Å². The largest absolute Gasteiger partial charge is 0.439 e. The van der Waals surface area contributed by atoms with Crippen LogP contribution in [0.15, 0.2) is 48.5 Å². The number of nitrogens with zero attached hydrogens (tertiary/aromatic N) is 2. The highest BCUT2D eigenvalue weighted by Gasteiger charge is 2.21. The predicted molar refractivity (Wildman–Crippen MR) is 125 cm³/mol. The second-order valence-corrected chi connectivity index (χ2v) is 8.42. The summed E-state index contributed by atoms with van der Waals surface area (Å²) < 4.78 is 13.8. The van der Waals surface area contributed by atoms with E-state index in [0.717, 1.165) is 47.7 Å². The first-order chi connectivity index (χ1) is 15.5. The summed E-state index contributed by atoms with van der Waals surface area (Å²) in [6, 6.07) is 16.0. The fraction of sp³-hybridized carbons (Fsp3) is 0.385. The first kappa shape index (κ1) is 22.1. The maximum atomic E-state index is 12.5. The summed E-state index contributed by atoms with van der Waals surface area (Å²) in [4.78, 5) is 12.5. The molecule has 1 saturated heterocycles. The molecule has 1 amide bonds. The number of carbonyl (C=O) groups is 1. The molecular formula is C26H31N3O3. The van der Waals surface area contributed by atoms with E-state index in [0.29, 0.717) is 25.3 Å². The Morgan fingerprint density at radius 2 is 1.94 bits per heavy atom. The van der Waals surface area contributed by atoms with E-state index in [1.165, 1.54) is 5.56 Å². The van der Waals surface area contributed by atoms with Crippen LogP contribution in [0.4, 0.5) is 0 Å². The molecule has 0 unspecified atom stereocenters. The molecule has 6 heteroatoms. The van der Waals surface area contributed by atoms with Crippen LogP contribution in [0.5, 0.6) is 11.6 Å². The second kappa shape index (κ2) is 10.0. The van der Waals surface area contributed by atoms with Crippen LogP contribution in [0, 0.1) is 20.8 Å². The van der Waals surface area contributed by atoms with Gasteiger partial charge in [0.1, 0.15) is 5.75 Å². The Morgan fingerprint density at radius 3 is 2.66 bits per heavy atom. The zero-order valence-corrected chi connectivity index (χ0v) is 19.1. The van der Waals surface area contributed by atoms with Crippen molar-refractivity contribution in [2.45, 2.75) is 52.6 Å². The summed E-state index contributed by atoms with van der Waals surface area (Å²) in [7, 11) is 0. The van der Waals surface area contributed by atoms with Crippen molar-refractivity contribution in [3.8, 4) is 17.3 Å². The Hall–Kier alpha value is -3.12. The molecule has 32 heavy (non-hydrogen) atoms. The third-order valence-corrected chi connectivity index (χ3v) is 5.87. The molecule has 3 aromatic rings. The number of amides is 1. The van der Waals surface area contributed by atoms with E-state index >= 15 is 0 Å². The normalized spacial score (nSPS) is 15.7. The molecule has 1 N–H and O–H groups in total. The molecule has 2 heterocycles. The standard InChI is InChI=1S/C26H31N3O3/c1-18-10-12-21(13-11-18)32-26-23(14-15-25(30)27-17-22-8-6-16-31-22)20(3)28-29(26)24-9-5-4-7-19(24)2/h4-5,7,9-13,22H,6,8,14-17H2,1-3H3,(H,27,30)/t22-/m1/s1. The van der Waals surface area contributed by atoms with Crippen molar-refractivity contribution in [3.63, 3.8) is 0 Å². The third kappa shape index (κ3) is 5.19. The Bertz CT molecular complexity index is 1070. The Labute approximate surface area is 189 Å². The maximum absolute atomic E-state index is 12.5. The van der Waals surface area contributed by atoms with Gasteiger partial charge >= 0.3 is 0 Å². The van der Waals surface area contributed by atoms with Crippen molar-refractivity contribution in [2.75, 3.05) is 13.2 Å². The van der Waals surface area contributed by atoms with Crippen molar-refractivity contribution in [1.82, 2.24) is 15.1 Å². The predicted octanol–water partition coefficient (Wildman–Crippen LogP) is 4.82. The number of hydrogen-bond acceptors (Lipinski definition) is 4. The lowest BCUT2D eigenvalue weighted by Crippen LogP contribution is -2.31. The average Bonchev–Trinajstić information content (AvgIpc) is 3.41. The van der Waals surface area contributed by atoms with Gasteiger partial charge in [0, 0.05) is 25.1 Å². The number of carbonyl (C=O) groups excluding carboxylic acids is 1. The van der Waals surface area contributed by atoms with E-state index in [2.05, 4.69) is 18.3 Å². The maximum Gasteiger partial charge on any atom is 0.226 e. The minimum Gasteiger partial charge on any atom is -0.439 e. The summed E-state index contributed by atoms with van der Waals surface area (Å²) in [5, 5.41) is 7.79. The smallest absolute Gasteiger partial charge is 0.226 e. The zero-order chi connectivity index (χ0) is 22.5. The van der Waals surface area contributed by atoms with Gasteiger partial charge in [0.15, 0.2) is 0 Å². The van der Waals surface area contributed by atoms with Gasteiger partial charge in [0.05, 0.1) is 17.5 Å². The first-order valence-electron chi connectivity index (χ1n) is 11.3. The Morgan fingerprint density at radius 1 is 1.16 bits per heavy atom. The van der Waals surface area contributed by atoms with Crippen LogP contribution in [0.2, 0.25) is 0 Å². The molecule has 1 aliphatic rings. The van der Waals surface area contributed by atoms with Crippen LogP contribution in [-0.4, -0.2) is 34.9 Å². The molecule has 0 spiro atoms. The molecule has 0 radical (unpaired) electrons. The quantitative estimate of drug-likeness (QED) is 0.553. The summed E-state index contributed by atoms with van der Waals surface area (Å²) in [5.74, 6) is 1.42. The summed E-state index contributed by atoms with van der Waals surface area (Å²) in [6.45, 7) is 7.44. The number of aromatic nitrogens is 2. The molecule has 6 nitrogen and oxygen atoms in total. The summed E-state index contributed by atoms with van der Waals surface area (Å²) in [6.07, 6.45) is 3.15. The number of ether oxygens (including phenoxy) is 2. The molecule has 0 aliphatic carbocycles. The minimum absolute atomic E-state index is 0.0184. The van der Waals surface area contributed by atoms with Gasteiger partial charge in [-0.25, -0.2) is 0 Å². The summed E-state index contributed by atoms with van der Waals surface area (Å²) >= 11 is 0. The molecule has 1 aromatic heterocycles. The van der Waals surface area contributed by atoms with Crippen LogP contribution in [0.1, 0.15) is 41.6 Å². The van der Waals surface area contributed by atoms with Crippen molar-refractivity contribution in [2.24, 2.45) is 0 Å². The van der Waals surface area contributed by atoms with E-state index < -0.39 is 0 Å². The topological polar surface area (TPSA) is 65.4 Å². The van der Waals surface area contributed by atoms with Crippen LogP contribution < -0.4 is 10.1 Å². The number of benzene rings is 2. The highest BCUT2D eigenvalue weighted by Crippen LogP contribution is 2.32. The molecule has 168 valence electrons. The van der Waals surface area contributed by atoms with Crippen LogP contribution in [0.3, 0.4) is 0 Å². The van der Waals surface area contributed by atoms with Crippen molar-refractivity contribution in [3.05, 3.63) is 70.9 Å². The molecule has 4 rings (SSSR count). The van der Waals surface area contributed by atoms with Gasteiger partial charge in [0.2, 0.25) is 11.8 Å². The Balaban J connectivity index is 1.56. The van der Waals surface area contributed by atoms with Crippen LogP contribution in [0.25, 0.3) is 5.69 Å². The van der Waals surface area contributed by atoms with E-state index in [1.54, 1.807) is 0 Å². The fourth-order valence-corrected chi connectivity index (χ4v) is 3.97. The van der Waals surface area contributed by atoms with Crippen LogP contribution in [-0.2, 0) is 16.0 Å². The molecule has 2 aromatic carbocycles. The molecule has 1 aliphatic heterocycles. The van der Waals surface area contributed by atoms with E-state index in [9.17, 15) is 4.79 Å². The first-order valence-corrected chi connectivity index (χ1v) is 11.3. The number of para-hydroxylation sites is 1. The van der Waals surface area contributed by atoms with Gasteiger partial charge in [-0.3, -0.25) is 4.79 Å². The van der Waals surface area contributed by atoms with Gasteiger partial charge in [-0.2, -0.15) is 9.78 Å². The van der Waals surface area contributed by atoms with Gasteiger partial charge < -0.3 is 14.8 Å². The van der Waals surface area contributed by atoms with Gasteiger partial charge in [-0.15, -0.1) is 0 Å². The van der Waals surface area contributed by atoms with Gasteiger partial charge in [-0.05, 0) is 63.8 Å². The highest BCUT2D eigenvalue weighted by molar-refractivity contribution is 5.76. The molecule has 0 bridgehead atoms. The van der Waals surface area contributed by atoms with Crippen molar-refractivity contribution in [1.29, 1.82) is 0 Å². The number of aryl methyl sites for hydroxylation is 3. The van der Waals surface area contributed by atoms with Crippen LogP contribution >= 0.6 is 0 Å². The fourth-order valence-electron chi connectivity index (χ4n) is 3.97. The monoisotopic (exact) mass is 433 g/mol. The molecular weight excluding hydrogens is 402 g/mol. The SMILES string of the molecule is Cc1ccc(Oc2c(CCC(=O)NC[C@H]3CCCO3)c(C)nn2-c2ccccc2C)cc1. The summed E-state index contributed by atoms with van der Waals surface area (Å²) in [5.41, 5.74) is 5.05. The Kier molecular flexibility index (Phi) is 6.90. The van der Waals surface area contributed by atoms with Gasteiger partial charge in [0.25, 0.3) is 0 Å². The van der Waals surface area contributed by atoms with E-state index in [-0.39, 0.29) is 12.0 Å². The van der Waals surface area contributed by atoms with Gasteiger partial charge in [-0.1, -0.05) is 35.9 Å². The number of hydrogen-bond donors (Lipinski definition) is 1. The molecule has 1 atom stereocenters. The van der Waals surface area contributed by atoms with E-state index in [1.807, 2.05) is 61.0 Å². The minimum atomic E-state index is 0.0184. The average molecular weight is 434 g/mol. The molecule has 0 saturated carbocycles. The lowest BCUT2D eigenvalue weighted by molar-refractivity contribution is -0.121. The molecule has 1 fully saturated rings. The lowest BCUT2D eigenvalue weighted by Gasteiger charge is -2.13. The number of rotatable bonds is 8. The zero-order valence-electron chi connectivity index (χ0n) is 19.1. The highest BCUT2D eigenvalue weighted by atomic mass is 16.5. The third-order valence-electron chi connectivity index (χ3n) is 5.87. The second-order valence-electron chi connectivity index (χ2n) is 8.42. The lowest BCUT2D eigenvalue weighted by atomic mass is 10.1. The van der Waals surface area contributed by atoms with Crippen molar-refractivity contribution < 1.29 is 14.3 Å². The van der Waals surface area contributed by atoms with E-state index in [4.69, 9.17) is 14.6 Å².